The van der Waals surface area contributed by atoms with Crippen LogP contribution in [0.25, 0.3) is 0 Å². The third-order valence-electron chi connectivity index (χ3n) is 4.15. The second kappa shape index (κ2) is 9.50. The molecule has 0 bridgehead atoms. The van der Waals surface area contributed by atoms with E-state index in [-0.39, 0.29) is 34.6 Å². The monoisotopic (exact) mass is 403 g/mol. The first-order chi connectivity index (χ1) is 13.3. The molecule has 0 atom stereocenters. The number of anilines is 1. The fraction of sp³-hybridized carbons (Fsp3) is 0.381. The van der Waals surface area contributed by atoms with Crippen LogP contribution < -0.4 is 5.32 Å². The van der Waals surface area contributed by atoms with Gasteiger partial charge in [0.2, 0.25) is 0 Å². The average Bonchev–Trinajstić information content (AvgIpc) is 2.98. The Kier molecular flexibility index (Phi) is 7.34. The molecule has 0 aliphatic rings. The zero-order chi connectivity index (χ0) is 20.8. The van der Waals surface area contributed by atoms with Gasteiger partial charge < -0.3 is 14.8 Å². The first kappa shape index (κ1) is 21.6. The van der Waals surface area contributed by atoms with E-state index in [2.05, 4.69) is 19.2 Å². The number of ether oxygens (including phenoxy) is 2. The maximum Gasteiger partial charge on any atom is 0.348 e. The van der Waals surface area contributed by atoms with Crippen molar-refractivity contribution in [3.63, 3.8) is 0 Å². The SMILES string of the molecule is CCOC(=O)c1sc(NC(=O)c2ccc(C(C)C)cc2)c(C(=O)OCC)c1C. The first-order valence-corrected chi connectivity index (χ1v) is 10.0. The van der Waals surface area contributed by atoms with Crippen LogP contribution in [0.2, 0.25) is 0 Å². The predicted octanol–water partition coefficient (Wildman–Crippen LogP) is 4.79. The summed E-state index contributed by atoms with van der Waals surface area (Å²) in [6.45, 7) is 9.60. The molecule has 28 heavy (non-hydrogen) atoms. The van der Waals surface area contributed by atoms with E-state index in [0.29, 0.717) is 17.0 Å². The Morgan fingerprint density at radius 1 is 1.00 bits per heavy atom. The van der Waals surface area contributed by atoms with E-state index in [9.17, 15) is 14.4 Å². The second-order valence-corrected chi connectivity index (χ2v) is 7.45. The molecular weight excluding hydrogens is 378 g/mol. The molecule has 0 fully saturated rings. The van der Waals surface area contributed by atoms with Gasteiger partial charge in [0.15, 0.2) is 0 Å². The zero-order valence-corrected chi connectivity index (χ0v) is 17.6. The molecule has 1 heterocycles. The summed E-state index contributed by atoms with van der Waals surface area (Å²) in [5, 5.41) is 3.02. The summed E-state index contributed by atoms with van der Waals surface area (Å²) >= 11 is 1.01. The topological polar surface area (TPSA) is 81.7 Å². The highest BCUT2D eigenvalue weighted by atomic mass is 32.1. The molecule has 0 radical (unpaired) electrons. The fourth-order valence-electron chi connectivity index (χ4n) is 2.64. The van der Waals surface area contributed by atoms with Crippen LogP contribution in [-0.4, -0.2) is 31.1 Å². The molecular formula is C21H25NO5S. The molecule has 6 nitrogen and oxygen atoms in total. The van der Waals surface area contributed by atoms with Crippen molar-refractivity contribution < 1.29 is 23.9 Å². The number of hydrogen-bond donors (Lipinski definition) is 1. The minimum Gasteiger partial charge on any atom is -0.462 e. The van der Waals surface area contributed by atoms with E-state index in [1.807, 2.05) is 12.1 Å². The van der Waals surface area contributed by atoms with E-state index >= 15 is 0 Å². The van der Waals surface area contributed by atoms with E-state index in [0.717, 1.165) is 16.9 Å². The van der Waals surface area contributed by atoms with E-state index in [1.165, 1.54) is 0 Å². The average molecular weight is 404 g/mol. The molecule has 1 amide bonds. The van der Waals surface area contributed by atoms with Gasteiger partial charge in [0.05, 0.1) is 18.8 Å². The van der Waals surface area contributed by atoms with Crippen molar-refractivity contribution in [2.24, 2.45) is 0 Å². The molecule has 7 heteroatoms. The number of carbonyl (C=O) groups is 3. The second-order valence-electron chi connectivity index (χ2n) is 6.43. The first-order valence-electron chi connectivity index (χ1n) is 9.19. The Bertz CT molecular complexity index is 868. The zero-order valence-electron chi connectivity index (χ0n) is 16.8. The van der Waals surface area contributed by atoms with Gasteiger partial charge in [-0.15, -0.1) is 11.3 Å². The highest BCUT2D eigenvalue weighted by Crippen LogP contribution is 2.34. The van der Waals surface area contributed by atoms with Crippen LogP contribution in [-0.2, 0) is 9.47 Å². The van der Waals surface area contributed by atoms with Crippen LogP contribution in [0.3, 0.4) is 0 Å². The normalized spacial score (nSPS) is 10.6. The smallest absolute Gasteiger partial charge is 0.348 e. The summed E-state index contributed by atoms with van der Waals surface area (Å²) in [6, 6.07) is 7.27. The molecule has 2 aromatic rings. The van der Waals surface area contributed by atoms with Crippen molar-refractivity contribution >= 4 is 34.2 Å². The van der Waals surface area contributed by atoms with Gasteiger partial charge in [0.1, 0.15) is 9.88 Å². The van der Waals surface area contributed by atoms with E-state index in [1.54, 1.807) is 32.9 Å². The van der Waals surface area contributed by atoms with E-state index < -0.39 is 11.9 Å². The highest BCUT2D eigenvalue weighted by Gasteiger charge is 2.27. The van der Waals surface area contributed by atoms with Gasteiger partial charge in [-0.05, 0) is 49.9 Å². The highest BCUT2D eigenvalue weighted by molar-refractivity contribution is 7.18. The minimum atomic E-state index is -0.586. The molecule has 0 saturated heterocycles. The number of rotatable bonds is 7. The number of carbonyl (C=O) groups excluding carboxylic acids is 3. The van der Waals surface area contributed by atoms with Crippen molar-refractivity contribution in [3.8, 4) is 0 Å². The molecule has 1 N–H and O–H groups in total. The Morgan fingerprint density at radius 2 is 1.57 bits per heavy atom. The van der Waals surface area contributed by atoms with Crippen molar-refractivity contribution in [1.29, 1.82) is 0 Å². The molecule has 0 saturated carbocycles. The summed E-state index contributed by atoms with van der Waals surface area (Å²) in [6.07, 6.45) is 0. The molecule has 0 unspecified atom stereocenters. The van der Waals surface area contributed by atoms with Crippen LogP contribution in [0.4, 0.5) is 5.00 Å². The van der Waals surface area contributed by atoms with Crippen molar-refractivity contribution in [1.82, 2.24) is 0 Å². The number of nitrogens with one attached hydrogen (secondary N) is 1. The molecule has 1 aromatic heterocycles. The van der Waals surface area contributed by atoms with Crippen LogP contribution in [0.5, 0.6) is 0 Å². The van der Waals surface area contributed by atoms with Crippen LogP contribution in [0.1, 0.15) is 75.1 Å². The molecule has 0 spiro atoms. The summed E-state index contributed by atoms with van der Waals surface area (Å²) in [5.74, 6) is -1.12. The predicted molar refractivity (Wildman–Crippen MR) is 109 cm³/mol. The molecule has 150 valence electrons. The maximum absolute atomic E-state index is 12.7. The standard InChI is InChI=1S/C21H25NO5S/c1-6-26-20(24)16-13(5)17(21(25)27-7-2)28-19(16)22-18(23)15-10-8-14(9-11-15)12(3)4/h8-12H,6-7H2,1-5H3,(H,22,23). The van der Waals surface area contributed by atoms with Gasteiger partial charge in [-0.1, -0.05) is 26.0 Å². The fourth-order valence-corrected chi connectivity index (χ4v) is 3.72. The lowest BCUT2D eigenvalue weighted by Crippen LogP contribution is -2.15. The lowest BCUT2D eigenvalue weighted by atomic mass is 10.0. The summed E-state index contributed by atoms with van der Waals surface area (Å²) in [7, 11) is 0. The number of amides is 1. The van der Waals surface area contributed by atoms with Crippen molar-refractivity contribution in [3.05, 3.63) is 51.4 Å². The van der Waals surface area contributed by atoms with Crippen molar-refractivity contribution in [2.45, 2.75) is 40.5 Å². The molecule has 1 aromatic carbocycles. The minimum absolute atomic E-state index is 0.182. The molecule has 0 aliphatic carbocycles. The summed E-state index contributed by atoms with van der Waals surface area (Å²) in [4.78, 5) is 37.5. The summed E-state index contributed by atoms with van der Waals surface area (Å²) in [5.41, 5.74) is 2.21. The van der Waals surface area contributed by atoms with Gasteiger partial charge in [0, 0.05) is 5.56 Å². The van der Waals surface area contributed by atoms with Crippen LogP contribution in [0, 0.1) is 6.92 Å². The maximum atomic E-state index is 12.7. The molecule has 2 rings (SSSR count). The number of thiophene rings is 1. The third-order valence-corrected chi connectivity index (χ3v) is 5.34. The van der Waals surface area contributed by atoms with Gasteiger partial charge in [-0.3, -0.25) is 4.79 Å². The van der Waals surface area contributed by atoms with Gasteiger partial charge in [-0.25, -0.2) is 9.59 Å². The number of hydrogen-bond acceptors (Lipinski definition) is 6. The lowest BCUT2D eigenvalue weighted by molar-refractivity contribution is 0.0527. The summed E-state index contributed by atoms with van der Waals surface area (Å²) < 4.78 is 10.1. The Hall–Kier alpha value is -2.67. The Balaban J connectivity index is 2.36. The van der Waals surface area contributed by atoms with Crippen LogP contribution >= 0.6 is 11.3 Å². The van der Waals surface area contributed by atoms with Gasteiger partial charge in [-0.2, -0.15) is 0 Å². The van der Waals surface area contributed by atoms with Crippen molar-refractivity contribution in [2.75, 3.05) is 18.5 Å². The Morgan fingerprint density at radius 3 is 2.11 bits per heavy atom. The Labute approximate surface area is 168 Å². The van der Waals surface area contributed by atoms with Gasteiger partial charge in [0.25, 0.3) is 5.91 Å². The lowest BCUT2D eigenvalue weighted by Gasteiger charge is -2.09. The third kappa shape index (κ3) is 4.78. The quantitative estimate of drug-likeness (QED) is 0.673. The number of benzene rings is 1. The largest absolute Gasteiger partial charge is 0.462 e. The van der Waals surface area contributed by atoms with E-state index in [4.69, 9.17) is 9.47 Å². The molecule has 0 aliphatic heterocycles. The van der Waals surface area contributed by atoms with Gasteiger partial charge >= 0.3 is 11.9 Å². The number of esters is 2. The van der Waals surface area contributed by atoms with Crippen LogP contribution in [0.15, 0.2) is 24.3 Å².